The topological polar surface area (TPSA) is 50.9 Å². The van der Waals surface area contributed by atoms with Crippen molar-refractivity contribution in [1.82, 2.24) is 14.8 Å². The normalized spacial score (nSPS) is 10.8. The van der Waals surface area contributed by atoms with Crippen molar-refractivity contribution in [2.24, 2.45) is 0 Å². The number of nitrogens with zero attached hydrogens (tertiary/aromatic N) is 3. The van der Waals surface area contributed by atoms with E-state index in [1.54, 1.807) is 0 Å². The minimum Gasteiger partial charge on any atom is -0.396 e. The van der Waals surface area contributed by atoms with Crippen LogP contribution >= 0.6 is 11.8 Å². The molecule has 1 heterocycles. The molecule has 0 bridgehead atoms. The molecule has 0 spiro atoms. The van der Waals surface area contributed by atoms with Crippen molar-refractivity contribution < 1.29 is 5.11 Å². The van der Waals surface area contributed by atoms with Crippen LogP contribution in [0.25, 0.3) is 5.69 Å². The maximum atomic E-state index is 8.86. The van der Waals surface area contributed by atoms with E-state index in [0.717, 1.165) is 16.7 Å². The van der Waals surface area contributed by atoms with Crippen molar-refractivity contribution in [3.05, 3.63) is 35.7 Å². The van der Waals surface area contributed by atoms with Crippen LogP contribution in [-0.4, -0.2) is 32.2 Å². The molecule has 0 saturated carbocycles. The molecule has 0 aliphatic rings. The average Bonchev–Trinajstić information content (AvgIpc) is 2.68. The van der Waals surface area contributed by atoms with Crippen molar-refractivity contribution in [1.29, 1.82) is 0 Å². The Kier molecular flexibility index (Phi) is 3.81. The predicted molar refractivity (Wildman–Crippen MR) is 68.6 cm³/mol. The minimum absolute atomic E-state index is 0.143. The van der Waals surface area contributed by atoms with Gasteiger partial charge in [0.1, 0.15) is 5.82 Å². The first-order valence-electron chi connectivity index (χ1n) is 5.45. The number of hydrogen-bond acceptors (Lipinski definition) is 4. The molecule has 0 fully saturated rings. The lowest BCUT2D eigenvalue weighted by atomic mass is 10.2. The van der Waals surface area contributed by atoms with Gasteiger partial charge in [-0.1, -0.05) is 23.9 Å². The number of thioether (sulfide) groups is 1. The fraction of sp³-hybridized carbons (Fsp3) is 0.333. The average molecular weight is 249 g/mol. The number of aliphatic hydroxyl groups is 1. The fourth-order valence-electron chi connectivity index (χ4n) is 1.64. The summed E-state index contributed by atoms with van der Waals surface area (Å²) >= 11 is 1.51. The molecule has 5 heteroatoms. The van der Waals surface area contributed by atoms with Crippen LogP contribution in [-0.2, 0) is 0 Å². The number of aliphatic hydroxyl groups excluding tert-OH is 1. The fourth-order valence-corrected chi connectivity index (χ4v) is 2.38. The molecule has 1 aromatic heterocycles. The molecule has 0 aliphatic carbocycles. The Bertz CT molecular complexity index is 510. The third-order valence-corrected chi connectivity index (χ3v) is 3.29. The van der Waals surface area contributed by atoms with Crippen LogP contribution in [0.2, 0.25) is 0 Å². The molecule has 2 rings (SSSR count). The molecule has 0 unspecified atom stereocenters. The van der Waals surface area contributed by atoms with Crippen molar-refractivity contribution >= 4 is 11.8 Å². The van der Waals surface area contributed by atoms with Crippen molar-refractivity contribution in [3.8, 4) is 5.69 Å². The molecule has 1 N–H and O–H groups in total. The Morgan fingerprint density at radius 3 is 2.82 bits per heavy atom. The zero-order valence-corrected chi connectivity index (χ0v) is 10.7. The molecule has 0 saturated heterocycles. The zero-order valence-electron chi connectivity index (χ0n) is 9.92. The van der Waals surface area contributed by atoms with Gasteiger partial charge in [0.2, 0.25) is 0 Å². The summed E-state index contributed by atoms with van der Waals surface area (Å²) in [6.45, 7) is 4.13. The van der Waals surface area contributed by atoms with E-state index < -0.39 is 0 Å². The number of aryl methyl sites for hydroxylation is 2. The molecule has 0 aliphatic heterocycles. The summed E-state index contributed by atoms with van der Waals surface area (Å²) in [6, 6.07) is 8.21. The first-order chi connectivity index (χ1) is 8.22. The maximum absolute atomic E-state index is 8.86. The van der Waals surface area contributed by atoms with E-state index in [1.807, 2.05) is 23.6 Å². The monoisotopic (exact) mass is 249 g/mol. The smallest absolute Gasteiger partial charge is 0.195 e. The largest absolute Gasteiger partial charge is 0.396 e. The summed E-state index contributed by atoms with van der Waals surface area (Å²) in [5, 5.41) is 17.9. The SMILES string of the molecule is Cc1cccc(-n2c(C)nnc2SCCO)c1. The van der Waals surface area contributed by atoms with Gasteiger partial charge in [-0.3, -0.25) is 4.57 Å². The van der Waals surface area contributed by atoms with E-state index in [-0.39, 0.29) is 6.61 Å². The van der Waals surface area contributed by atoms with Gasteiger partial charge < -0.3 is 5.11 Å². The van der Waals surface area contributed by atoms with E-state index in [2.05, 4.69) is 29.3 Å². The number of hydrogen-bond donors (Lipinski definition) is 1. The third kappa shape index (κ3) is 2.68. The minimum atomic E-state index is 0.143. The van der Waals surface area contributed by atoms with Gasteiger partial charge in [-0.15, -0.1) is 10.2 Å². The standard InChI is InChI=1S/C12H15N3OS/c1-9-4-3-5-11(8-9)15-10(2)13-14-12(15)17-7-6-16/h3-5,8,16H,6-7H2,1-2H3. The Morgan fingerprint density at radius 1 is 1.29 bits per heavy atom. The second kappa shape index (κ2) is 5.33. The molecular formula is C12H15N3OS. The lowest BCUT2D eigenvalue weighted by Gasteiger charge is -2.08. The highest BCUT2D eigenvalue weighted by atomic mass is 32.2. The van der Waals surface area contributed by atoms with Crippen LogP contribution in [0.5, 0.6) is 0 Å². The highest BCUT2D eigenvalue weighted by molar-refractivity contribution is 7.99. The number of rotatable bonds is 4. The van der Waals surface area contributed by atoms with Crippen LogP contribution in [0, 0.1) is 13.8 Å². The van der Waals surface area contributed by atoms with Crippen LogP contribution in [0.3, 0.4) is 0 Å². The Morgan fingerprint density at radius 2 is 2.12 bits per heavy atom. The summed E-state index contributed by atoms with van der Waals surface area (Å²) in [5.41, 5.74) is 2.27. The van der Waals surface area contributed by atoms with Gasteiger partial charge in [-0.25, -0.2) is 0 Å². The van der Waals surface area contributed by atoms with E-state index in [4.69, 9.17) is 5.11 Å². The highest BCUT2D eigenvalue weighted by Gasteiger charge is 2.10. The number of aromatic nitrogens is 3. The van der Waals surface area contributed by atoms with Gasteiger partial charge in [-0.2, -0.15) is 0 Å². The quantitative estimate of drug-likeness (QED) is 0.842. The summed E-state index contributed by atoms with van der Waals surface area (Å²) in [7, 11) is 0. The molecule has 1 aromatic carbocycles. The molecule has 0 amide bonds. The van der Waals surface area contributed by atoms with E-state index in [9.17, 15) is 0 Å². The molecule has 0 atom stereocenters. The molecule has 0 radical (unpaired) electrons. The van der Waals surface area contributed by atoms with E-state index >= 15 is 0 Å². The first kappa shape index (κ1) is 12.1. The third-order valence-electron chi connectivity index (χ3n) is 2.38. The van der Waals surface area contributed by atoms with Crippen molar-refractivity contribution in [2.75, 3.05) is 12.4 Å². The second-order valence-corrected chi connectivity index (χ2v) is 4.84. The van der Waals surface area contributed by atoms with Gasteiger partial charge in [0, 0.05) is 11.4 Å². The lowest BCUT2D eigenvalue weighted by Crippen LogP contribution is -2.00. The van der Waals surface area contributed by atoms with Gasteiger partial charge in [0.05, 0.1) is 6.61 Å². The lowest BCUT2D eigenvalue weighted by molar-refractivity contribution is 0.322. The summed E-state index contributed by atoms with van der Waals surface area (Å²) in [5.74, 6) is 1.49. The zero-order chi connectivity index (χ0) is 12.3. The van der Waals surface area contributed by atoms with Crippen molar-refractivity contribution in [3.63, 3.8) is 0 Å². The summed E-state index contributed by atoms with van der Waals surface area (Å²) in [4.78, 5) is 0. The van der Waals surface area contributed by atoms with Crippen molar-refractivity contribution in [2.45, 2.75) is 19.0 Å². The van der Waals surface area contributed by atoms with Crippen LogP contribution in [0.15, 0.2) is 29.4 Å². The second-order valence-electron chi connectivity index (χ2n) is 3.78. The van der Waals surface area contributed by atoms with Crippen LogP contribution in [0.4, 0.5) is 0 Å². The van der Waals surface area contributed by atoms with Gasteiger partial charge >= 0.3 is 0 Å². The first-order valence-corrected chi connectivity index (χ1v) is 6.43. The molecule has 17 heavy (non-hydrogen) atoms. The predicted octanol–water partition coefficient (Wildman–Crippen LogP) is 1.97. The van der Waals surface area contributed by atoms with E-state index in [1.165, 1.54) is 17.3 Å². The maximum Gasteiger partial charge on any atom is 0.195 e. The molecule has 4 nitrogen and oxygen atoms in total. The Hall–Kier alpha value is -1.33. The van der Waals surface area contributed by atoms with Crippen LogP contribution < -0.4 is 0 Å². The summed E-state index contributed by atoms with van der Waals surface area (Å²) in [6.07, 6.45) is 0. The van der Waals surface area contributed by atoms with E-state index in [0.29, 0.717) is 5.75 Å². The van der Waals surface area contributed by atoms with Gasteiger partial charge in [0.25, 0.3) is 0 Å². The Balaban J connectivity index is 2.39. The van der Waals surface area contributed by atoms with Crippen LogP contribution in [0.1, 0.15) is 11.4 Å². The Labute approximate surface area is 105 Å². The van der Waals surface area contributed by atoms with Gasteiger partial charge in [-0.05, 0) is 31.5 Å². The molecule has 2 aromatic rings. The molecular weight excluding hydrogens is 234 g/mol. The highest BCUT2D eigenvalue weighted by Crippen LogP contribution is 2.21. The molecule has 90 valence electrons. The summed E-state index contributed by atoms with van der Waals surface area (Å²) < 4.78 is 2.01. The number of benzene rings is 1. The van der Waals surface area contributed by atoms with Gasteiger partial charge in [0.15, 0.2) is 5.16 Å².